The first-order valence-electron chi connectivity index (χ1n) is 5.80. The molecule has 0 radical (unpaired) electrons. The van der Waals surface area contributed by atoms with Gasteiger partial charge >= 0.3 is 6.03 Å². The second kappa shape index (κ2) is 7.15. The number of hydrogen-bond acceptors (Lipinski definition) is 3. The molecule has 5 nitrogen and oxygen atoms in total. The monoisotopic (exact) mass is 376 g/mol. The van der Waals surface area contributed by atoms with Gasteiger partial charge in [0.25, 0.3) is 0 Å². The van der Waals surface area contributed by atoms with Crippen LogP contribution in [0.3, 0.4) is 0 Å². The number of urea groups is 1. The highest BCUT2D eigenvalue weighted by Crippen LogP contribution is 2.36. The molecule has 0 saturated carbocycles. The molecule has 9 heteroatoms. The first-order valence-corrected chi connectivity index (χ1v) is 7.32. The van der Waals surface area contributed by atoms with Crippen LogP contribution in [0, 0.1) is 5.53 Å². The van der Waals surface area contributed by atoms with E-state index in [0.717, 1.165) is 0 Å². The van der Waals surface area contributed by atoms with Crippen LogP contribution in [0.2, 0.25) is 20.1 Å². The van der Waals surface area contributed by atoms with Gasteiger partial charge in [0, 0.05) is 10.0 Å². The highest BCUT2D eigenvalue weighted by atomic mass is 35.5. The van der Waals surface area contributed by atoms with E-state index in [4.69, 9.17) is 51.9 Å². The maximum Gasteiger partial charge on any atom is 0.378 e. The standard InChI is InChI=1S/C13H8Cl4N4O/c14-7-1-3-11(9(16)5-7)21(20-13(22)19-18)12-4-2-8(15)6-10(12)17/h1-6,18H,(H,20,22). The molecule has 0 spiro atoms. The van der Waals surface area contributed by atoms with Crippen molar-refractivity contribution < 1.29 is 4.79 Å². The SMILES string of the molecule is N=NC(=O)NN(c1ccc(Cl)cc1Cl)c1ccc(Cl)cc1Cl. The fourth-order valence-electron chi connectivity index (χ4n) is 1.70. The number of carbonyl (C=O) groups is 1. The zero-order valence-electron chi connectivity index (χ0n) is 10.8. The Morgan fingerprint density at radius 1 is 0.955 bits per heavy atom. The maximum absolute atomic E-state index is 11.5. The van der Waals surface area contributed by atoms with Crippen LogP contribution in [0.1, 0.15) is 0 Å². The first-order chi connectivity index (χ1) is 10.4. The van der Waals surface area contributed by atoms with Gasteiger partial charge in [-0.2, -0.15) is 5.53 Å². The number of nitrogens with zero attached hydrogens (tertiary/aromatic N) is 2. The van der Waals surface area contributed by atoms with Crippen LogP contribution in [-0.2, 0) is 0 Å². The molecular formula is C13H8Cl4N4O. The molecule has 2 aromatic rings. The number of anilines is 2. The molecule has 2 N–H and O–H groups in total. The van der Waals surface area contributed by atoms with Crippen molar-refractivity contribution in [1.82, 2.24) is 5.43 Å². The molecular weight excluding hydrogens is 370 g/mol. The van der Waals surface area contributed by atoms with Gasteiger partial charge in [-0.3, -0.25) is 0 Å². The molecule has 0 saturated heterocycles. The van der Waals surface area contributed by atoms with Crippen molar-refractivity contribution >= 4 is 63.8 Å². The molecule has 22 heavy (non-hydrogen) atoms. The molecule has 0 fully saturated rings. The van der Waals surface area contributed by atoms with Crippen LogP contribution in [0.4, 0.5) is 16.2 Å². The summed E-state index contributed by atoms with van der Waals surface area (Å²) in [4.78, 5) is 11.5. The zero-order chi connectivity index (χ0) is 16.3. The quantitative estimate of drug-likeness (QED) is 0.501. The summed E-state index contributed by atoms with van der Waals surface area (Å²) in [6.07, 6.45) is 0. The predicted octanol–water partition coefficient (Wildman–Crippen LogP) is 6.09. The lowest BCUT2D eigenvalue weighted by Crippen LogP contribution is -2.37. The van der Waals surface area contributed by atoms with Gasteiger partial charge < -0.3 is 0 Å². The molecule has 0 atom stereocenters. The molecule has 2 amide bonds. The van der Waals surface area contributed by atoms with Crippen LogP contribution in [0.5, 0.6) is 0 Å². The Balaban J connectivity index is 2.55. The molecule has 0 aliphatic carbocycles. The predicted molar refractivity (Wildman–Crippen MR) is 88.7 cm³/mol. The van der Waals surface area contributed by atoms with Crippen molar-refractivity contribution in [3.63, 3.8) is 0 Å². The Kier molecular flexibility index (Phi) is 5.47. The number of halogens is 4. The van der Waals surface area contributed by atoms with Crippen LogP contribution in [0.15, 0.2) is 41.5 Å². The fourth-order valence-corrected chi connectivity index (χ4v) is 2.68. The molecule has 0 aliphatic heterocycles. The smallest absolute Gasteiger partial charge is 0.249 e. The second-order valence-electron chi connectivity index (χ2n) is 4.06. The van der Waals surface area contributed by atoms with Gasteiger partial charge in [0.2, 0.25) is 0 Å². The molecule has 114 valence electrons. The van der Waals surface area contributed by atoms with Crippen molar-refractivity contribution in [2.75, 3.05) is 5.01 Å². The number of hydrazine groups is 1. The van der Waals surface area contributed by atoms with Gasteiger partial charge in [0.15, 0.2) is 0 Å². The lowest BCUT2D eigenvalue weighted by Gasteiger charge is -2.26. The Labute approximate surface area is 146 Å². The van der Waals surface area contributed by atoms with Gasteiger partial charge in [-0.25, -0.2) is 15.2 Å². The van der Waals surface area contributed by atoms with Crippen molar-refractivity contribution in [1.29, 1.82) is 5.53 Å². The fraction of sp³-hybridized carbons (Fsp3) is 0. The highest BCUT2D eigenvalue weighted by Gasteiger charge is 2.18. The van der Waals surface area contributed by atoms with Crippen molar-refractivity contribution in [2.45, 2.75) is 0 Å². The van der Waals surface area contributed by atoms with E-state index < -0.39 is 6.03 Å². The summed E-state index contributed by atoms with van der Waals surface area (Å²) in [5.41, 5.74) is 10.0. The summed E-state index contributed by atoms with van der Waals surface area (Å²) in [5.74, 6) is 0. The highest BCUT2D eigenvalue weighted by molar-refractivity contribution is 6.38. The minimum absolute atomic E-state index is 0.281. The molecule has 0 bridgehead atoms. The van der Waals surface area contributed by atoms with E-state index in [1.54, 1.807) is 24.3 Å². The van der Waals surface area contributed by atoms with E-state index in [0.29, 0.717) is 21.4 Å². The van der Waals surface area contributed by atoms with Crippen molar-refractivity contribution in [3.8, 4) is 0 Å². The van der Waals surface area contributed by atoms with Crippen LogP contribution in [0.25, 0.3) is 0 Å². The van der Waals surface area contributed by atoms with Crippen LogP contribution >= 0.6 is 46.4 Å². The number of carbonyl (C=O) groups excluding carboxylic acids is 1. The summed E-state index contributed by atoms with van der Waals surface area (Å²) < 4.78 is 0. The van der Waals surface area contributed by atoms with Crippen LogP contribution < -0.4 is 10.4 Å². The van der Waals surface area contributed by atoms with E-state index in [2.05, 4.69) is 10.5 Å². The molecule has 0 aliphatic rings. The summed E-state index contributed by atoms with van der Waals surface area (Å²) in [6.45, 7) is 0. The largest absolute Gasteiger partial charge is 0.378 e. The summed E-state index contributed by atoms with van der Waals surface area (Å²) in [7, 11) is 0. The van der Waals surface area contributed by atoms with Crippen molar-refractivity contribution in [3.05, 3.63) is 56.5 Å². The van der Waals surface area contributed by atoms with Gasteiger partial charge in [-0.1, -0.05) is 51.5 Å². The summed E-state index contributed by atoms with van der Waals surface area (Å²) >= 11 is 24.1. The number of benzene rings is 2. The molecule has 0 unspecified atom stereocenters. The van der Waals surface area contributed by atoms with E-state index in [1.165, 1.54) is 17.1 Å². The third-order valence-corrected chi connectivity index (χ3v) is 3.69. The molecule has 0 heterocycles. The lowest BCUT2D eigenvalue weighted by atomic mass is 10.2. The van der Waals surface area contributed by atoms with Gasteiger partial charge in [-0.05, 0) is 36.4 Å². The topological polar surface area (TPSA) is 68.5 Å². The zero-order valence-corrected chi connectivity index (χ0v) is 13.8. The van der Waals surface area contributed by atoms with Crippen molar-refractivity contribution in [2.24, 2.45) is 5.11 Å². The Morgan fingerprint density at radius 2 is 1.41 bits per heavy atom. The number of nitrogens with one attached hydrogen (secondary N) is 2. The van der Waals surface area contributed by atoms with E-state index >= 15 is 0 Å². The molecule has 0 aromatic heterocycles. The Hall–Kier alpha value is -1.53. The third kappa shape index (κ3) is 3.81. The normalized spacial score (nSPS) is 10.2. The molecule has 2 rings (SSSR count). The number of rotatable bonds is 3. The van der Waals surface area contributed by atoms with Gasteiger partial charge in [0.05, 0.1) is 21.4 Å². The van der Waals surface area contributed by atoms with E-state index in [9.17, 15) is 4.79 Å². The average molecular weight is 378 g/mol. The lowest BCUT2D eigenvalue weighted by molar-refractivity contribution is 0.247. The van der Waals surface area contributed by atoms with E-state index in [-0.39, 0.29) is 10.0 Å². The molecule has 2 aromatic carbocycles. The Bertz CT molecular complexity index is 686. The maximum atomic E-state index is 11.5. The number of amides is 2. The number of hydrogen-bond donors (Lipinski definition) is 2. The summed E-state index contributed by atoms with van der Waals surface area (Å²) in [5, 5.41) is 5.53. The van der Waals surface area contributed by atoms with Gasteiger partial charge in [-0.15, -0.1) is 0 Å². The average Bonchev–Trinajstić information content (AvgIpc) is 2.45. The minimum atomic E-state index is -0.892. The van der Waals surface area contributed by atoms with E-state index in [1.807, 2.05) is 0 Å². The third-order valence-electron chi connectivity index (χ3n) is 2.61. The second-order valence-corrected chi connectivity index (χ2v) is 5.74. The Morgan fingerprint density at radius 3 is 1.77 bits per heavy atom. The van der Waals surface area contributed by atoms with Gasteiger partial charge in [0.1, 0.15) is 0 Å². The van der Waals surface area contributed by atoms with Crippen LogP contribution in [-0.4, -0.2) is 6.03 Å². The summed E-state index contributed by atoms with van der Waals surface area (Å²) in [6, 6.07) is 8.53. The minimum Gasteiger partial charge on any atom is -0.249 e. The first kappa shape index (κ1) is 16.8.